The van der Waals surface area contributed by atoms with Gasteiger partial charge in [0.25, 0.3) is 0 Å². The predicted octanol–water partition coefficient (Wildman–Crippen LogP) is 5.88. The van der Waals surface area contributed by atoms with Gasteiger partial charge in [-0.1, -0.05) is 43.3 Å². The van der Waals surface area contributed by atoms with Crippen molar-refractivity contribution >= 4 is 5.69 Å². The molecule has 1 saturated carbocycles. The summed E-state index contributed by atoms with van der Waals surface area (Å²) in [7, 11) is 0. The lowest BCUT2D eigenvalue weighted by Crippen LogP contribution is -2.44. The first-order valence-electron chi connectivity index (χ1n) is 12.1. The molecule has 1 saturated heterocycles. The van der Waals surface area contributed by atoms with Crippen LogP contribution in [0.5, 0.6) is 5.75 Å². The van der Waals surface area contributed by atoms with E-state index < -0.39 is 0 Å². The first-order valence-corrected chi connectivity index (χ1v) is 12.1. The minimum atomic E-state index is 0.00968. The van der Waals surface area contributed by atoms with Gasteiger partial charge in [0, 0.05) is 24.8 Å². The number of hydrogen-bond acceptors (Lipinski definition) is 4. The summed E-state index contributed by atoms with van der Waals surface area (Å²) < 4.78 is 12.4. The van der Waals surface area contributed by atoms with Crippen LogP contribution in [0.2, 0.25) is 0 Å². The van der Waals surface area contributed by atoms with Crippen LogP contribution in [0.15, 0.2) is 66.7 Å². The molecule has 4 heteroatoms. The summed E-state index contributed by atoms with van der Waals surface area (Å²) in [6, 6.07) is 23.8. The van der Waals surface area contributed by atoms with Crippen LogP contribution in [0.25, 0.3) is 11.1 Å². The molecule has 0 radical (unpaired) electrons. The van der Waals surface area contributed by atoms with Crippen molar-refractivity contribution < 1.29 is 9.47 Å². The summed E-state index contributed by atoms with van der Waals surface area (Å²) in [6.45, 7) is 7.42. The van der Waals surface area contributed by atoms with Gasteiger partial charge in [-0.25, -0.2) is 0 Å². The molecule has 3 aromatic carbocycles. The molecule has 2 fully saturated rings. The normalized spacial score (nSPS) is 17.7. The lowest BCUT2D eigenvalue weighted by molar-refractivity contribution is 0.0206. The summed E-state index contributed by atoms with van der Waals surface area (Å²) in [6.07, 6.45) is 3.30. The van der Waals surface area contributed by atoms with Crippen molar-refractivity contribution in [2.24, 2.45) is 5.73 Å². The highest BCUT2D eigenvalue weighted by Crippen LogP contribution is 2.43. The Hall–Kier alpha value is -2.82. The Bertz CT molecular complexity index is 1120. The van der Waals surface area contributed by atoms with Gasteiger partial charge in [-0.3, -0.25) is 0 Å². The fourth-order valence-corrected chi connectivity index (χ4v) is 4.71. The Labute approximate surface area is 197 Å². The highest BCUT2D eigenvalue weighted by Gasteiger charge is 2.47. The van der Waals surface area contributed by atoms with Gasteiger partial charge < -0.3 is 20.1 Å². The van der Waals surface area contributed by atoms with Gasteiger partial charge in [0.15, 0.2) is 0 Å². The molecule has 1 spiro atoms. The number of morpholine rings is 1. The van der Waals surface area contributed by atoms with E-state index in [2.05, 4.69) is 72.5 Å². The molecule has 1 atom stereocenters. The highest BCUT2D eigenvalue weighted by molar-refractivity contribution is 5.71. The number of para-hydroxylation sites is 1. The number of hydrogen-bond donors (Lipinski definition) is 1. The molecule has 3 aromatic rings. The van der Waals surface area contributed by atoms with Crippen molar-refractivity contribution in [2.75, 3.05) is 24.6 Å². The largest absolute Gasteiger partial charge is 0.489 e. The molecule has 5 rings (SSSR count). The van der Waals surface area contributed by atoms with Crippen LogP contribution in [0, 0.1) is 0 Å². The molecule has 0 aromatic heterocycles. The first-order chi connectivity index (χ1) is 16.0. The van der Waals surface area contributed by atoms with Gasteiger partial charge >= 0.3 is 0 Å². The molecular formula is C29H34N2O2. The van der Waals surface area contributed by atoms with Gasteiger partial charge in [-0.15, -0.1) is 0 Å². The standard InChI is InChI=1S/C29H34N2O2/c1-3-23-7-4-5-10-28(23)32-19-22-15-26(25-9-6-8-24(17-25)21(2)30)18-27(16-22)31-13-14-33-29(20-31)11-12-29/h4-10,15-18,21H,3,11-14,19-20,30H2,1-2H3. The lowest BCUT2D eigenvalue weighted by atomic mass is 9.98. The van der Waals surface area contributed by atoms with Crippen molar-refractivity contribution in [3.63, 3.8) is 0 Å². The van der Waals surface area contributed by atoms with E-state index in [4.69, 9.17) is 15.2 Å². The Kier molecular flexibility index (Phi) is 6.13. The minimum absolute atomic E-state index is 0.00968. The molecule has 4 nitrogen and oxygen atoms in total. The van der Waals surface area contributed by atoms with Crippen LogP contribution >= 0.6 is 0 Å². The zero-order valence-corrected chi connectivity index (χ0v) is 19.7. The Balaban J connectivity index is 1.48. The molecule has 2 N–H and O–H groups in total. The van der Waals surface area contributed by atoms with Crippen LogP contribution in [-0.4, -0.2) is 25.3 Å². The molecule has 33 heavy (non-hydrogen) atoms. The number of nitrogens with zero attached hydrogens (tertiary/aromatic N) is 1. The van der Waals surface area contributed by atoms with Gasteiger partial charge in [-0.05, 0) is 84.3 Å². The number of nitrogens with two attached hydrogens (primary N) is 1. The molecule has 1 aliphatic heterocycles. The van der Waals surface area contributed by atoms with E-state index in [1.54, 1.807) is 0 Å². The summed E-state index contributed by atoms with van der Waals surface area (Å²) in [5.74, 6) is 0.967. The number of benzene rings is 3. The monoisotopic (exact) mass is 442 g/mol. The molecule has 1 heterocycles. The van der Waals surface area contributed by atoms with Crippen LogP contribution in [-0.2, 0) is 17.8 Å². The number of ether oxygens (including phenoxy) is 2. The van der Waals surface area contributed by atoms with Crippen LogP contribution < -0.4 is 15.4 Å². The molecule has 1 unspecified atom stereocenters. The van der Waals surface area contributed by atoms with Gasteiger partial charge in [0.2, 0.25) is 0 Å². The van der Waals surface area contributed by atoms with E-state index in [1.807, 2.05) is 13.0 Å². The highest BCUT2D eigenvalue weighted by atomic mass is 16.5. The Morgan fingerprint density at radius 2 is 1.88 bits per heavy atom. The average molecular weight is 443 g/mol. The van der Waals surface area contributed by atoms with Crippen LogP contribution in [0.1, 0.15) is 49.4 Å². The molecule has 0 bridgehead atoms. The zero-order valence-electron chi connectivity index (χ0n) is 19.7. The maximum atomic E-state index is 6.30. The van der Waals surface area contributed by atoms with Crippen molar-refractivity contribution in [1.82, 2.24) is 0 Å². The summed E-state index contributed by atoms with van der Waals surface area (Å²) in [5, 5.41) is 0. The van der Waals surface area contributed by atoms with Crippen molar-refractivity contribution in [1.29, 1.82) is 0 Å². The number of anilines is 1. The first kappa shape index (κ1) is 22.0. The fourth-order valence-electron chi connectivity index (χ4n) is 4.71. The van der Waals surface area contributed by atoms with Crippen LogP contribution in [0.4, 0.5) is 5.69 Å². The summed E-state index contributed by atoms with van der Waals surface area (Å²) >= 11 is 0. The van der Waals surface area contributed by atoms with Crippen molar-refractivity contribution in [2.45, 2.75) is 51.4 Å². The molecule has 2 aliphatic rings. The maximum absolute atomic E-state index is 6.30. The lowest BCUT2D eigenvalue weighted by Gasteiger charge is -2.35. The molecule has 0 amide bonds. The molecule has 172 valence electrons. The molecular weight excluding hydrogens is 408 g/mol. The summed E-state index contributed by atoms with van der Waals surface area (Å²) in [5.41, 5.74) is 13.5. The minimum Gasteiger partial charge on any atom is -0.489 e. The van der Waals surface area contributed by atoms with E-state index in [0.29, 0.717) is 6.61 Å². The molecule has 1 aliphatic carbocycles. The summed E-state index contributed by atoms with van der Waals surface area (Å²) in [4.78, 5) is 2.49. The van der Waals surface area contributed by atoms with E-state index in [9.17, 15) is 0 Å². The topological polar surface area (TPSA) is 47.7 Å². The SMILES string of the molecule is CCc1ccccc1OCc1cc(-c2cccc(C(C)N)c2)cc(N2CCOC3(CC3)C2)c1. The quantitative estimate of drug-likeness (QED) is 0.496. The van der Waals surface area contributed by atoms with E-state index >= 15 is 0 Å². The van der Waals surface area contributed by atoms with Gasteiger partial charge in [0.05, 0.1) is 12.2 Å². The van der Waals surface area contributed by atoms with Crippen LogP contribution in [0.3, 0.4) is 0 Å². The maximum Gasteiger partial charge on any atom is 0.122 e. The number of aryl methyl sites for hydroxylation is 1. The second-order valence-electron chi connectivity index (χ2n) is 9.51. The fraction of sp³-hybridized carbons (Fsp3) is 0.379. The van der Waals surface area contributed by atoms with Crippen molar-refractivity contribution in [3.05, 3.63) is 83.4 Å². The van der Waals surface area contributed by atoms with Crippen molar-refractivity contribution in [3.8, 4) is 16.9 Å². The predicted molar refractivity (Wildman–Crippen MR) is 135 cm³/mol. The van der Waals surface area contributed by atoms with E-state index in [0.717, 1.165) is 37.4 Å². The third-order valence-electron chi connectivity index (χ3n) is 6.89. The second-order valence-corrected chi connectivity index (χ2v) is 9.51. The Morgan fingerprint density at radius 3 is 2.67 bits per heavy atom. The van der Waals surface area contributed by atoms with E-state index in [-0.39, 0.29) is 11.6 Å². The average Bonchev–Trinajstić information content (AvgIpc) is 3.60. The smallest absolute Gasteiger partial charge is 0.122 e. The third-order valence-corrected chi connectivity index (χ3v) is 6.89. The second kappa shape index (κ2) is 9.20. The van der Waals surface area contributed by atoms with E-state index in [1.165, 1.54) is 40.8 Å². The van der Waals surface area contributed by atoms with Gasteiger partial charge in [-0.2, -0.15) is 0 Å². The third kappa shape index (κ3) is 4.92. The number of rotatable bonds is 7. The zero-order chi connectivity index (χ0) is 22.8. The Morgan fingerprint density at radius 1 is 1.03 bits per heavy atom. The van der Waals surface area contributed by atoms with Gasteiger partial charge in [0.1, 0.15) is 12.4 Å².